The number of hydrogen-bond acceptors (Lipinski definition) is 3. The van der Waals surface area contributed by atoms with E-state index in [-0.39, 0.29) is 6.54 Å². The quantitative estimate of drug-likeness (QED) is 0.864. The van der Waals surface area contributed by atoms with Gasteiger partial charge in [0.1, 0.15) is 11.4 Å². The molecule has 1 aromatic rings. The van der Waals surface area contributed by atoms with Crippen LogP contribution in [0.3, 0.4) is 0 Å². The largest absolute Gasteiger partial charge is 0.494 e. The number of ether oxygens (including phenoxy) is 2. The van der Waals surface area contributed by atoms with Gasteiger partial charge in [0.2, 0.25) is 0 Å². The molecule has 0 bridgehead atoms. The molecule has 1 aromatic carbocycles. The first-order chi connectivity index (χ1) is 10.3. The van der Waals surface area contributed by atoms with Gasteiger partial charge < -0.3 is 14.8 Å². The van der Waals surface area contributed by atoms with Gasteiger partial charge in [0, 0.05) is 6.54 Å². The van der Waals surface area contributed by atoms with Crippen LogP contribution >= 0.6 is 0 Å². The molecule has 0 aliphatic carbocycles. The minimum absolute atomic E-state index is 0.110. The lowest BCUT2D eigenvalue weighted by Crippen LogP contribution is -2.33. The van der Waals surface area contributed by atoms with Crippen LogP contribution in [0.25, 0.3) is 0 Å². The SMILES string of the molecule is CCOc1ccc(C/C(=C/F)CNC(=O)OC(C)(C)C)cc1. The highest BCUT2D eigenvalue weighted by Gasteiger charge is 2.16. The average molecular weight is 309 g/mol. The van der Waals surface area contributed by atoms with Gasteiger partial charge >= 0.3 is 6.09 Å². The Balaban J connectivity index is 2.50. The van der Waals surface area contributed by atoms with E-state index in [1.165, 1.54) is 0 Å². The van der Waals surface area contributed by atoms with Crippen LogP contribution in [-0.2, 0) is 11.2 Å². The smallest absolute Gasteiger partial charge is 0.407 e. The van der Waals surface area contributed by atoms with Crippen molar-refractivity contribution in [1.29, 1.82) is 0 Å². The Kier molecular flexibility index (Phi) is 6.89. The molecule has 0 unspecified atom stereocenters. The molecule has 4 nitrogen and oxygen atoms in total. The van der Waals surface area contributed by atoms with E-state index in [9.17, 15) is 9.18 Å². The summed E-state index contributed by atoms with van der Waals surface area (Å²) in [6.45, 7) is 7.96. The molecule has 0 atom stereocenters. The van der Waals surface area contributed by atoms with E-state index in [4.69, 9.17) is 9.47 Å². The van der Waals surface area contributed by atoms with Crippen molar-refractivity contribution < 1.29 is 18.7 Å². The number of nitrogens with one attached hydrogen (secondary N) is 1. The lowest BCUT2D eigenvalue weighted by atomic mass is 10.1. The molecule has 0 aliphatic heterocycles. The predicted octanol–water partition coefficient (Wildman–Crippen LogP) is 4.01. The summed E-state index contributed by atoms with van der Waals surface area (Å²) in [4.78, 5) is 11.5. The number of carbonyl (C=O) groups is 1. The van der Waals surface area contributed by atoms with Crippen molar-refractivity contribution in [2.24, 2.45) is 0 Å². The van der Waals surface area contributed by atoms with Crippen LogP contribution in [-0.4, -0.2) is 24.8 Å². The average Bonchev–Trinajstić information content (AvgIpc) is 2.43. The fraction of sp³-hybridized carbons (Fsp3) is 0.471. The Bertz CT molecular complexity index is 504. The van der Waals surface area contributed by atoms with Gasteiger partial charge in [0.05, 0.1) is 12.9 Å². The number of alkyl carbamates (subject to hydrolysis) is 1. The zero-order valence-electron chi connectivity index (χ0n) is 13.6. The van der Waals surface area contributed by atoms with Crippen LogP contribution < -0.4 is 10.1 Å². The van der Waals surface area contributed by atoms with Gasteiger partial charge in [-0.25, -0.2) is 9.18 Å². The molecule has 0 aliphatic rings. The zero-order chi connectivity index (χ0) is 16.6. The molecule has 0 heterocycles. The van der Waals surface area contributed by atoms with Crippen LogP contribution in [0.4, 0.5) is 9.18 Å². The normalized spacial score (nSPS) is 12.0. The standard InChI is InChI=1S/C17H24FNO3/c1-5-21-15-8-6-13(7-9-15)10-14(11-18)12-19-16(20)22-17(2,3)4/h6-9,11H,5,10,12H2,1-4H3,(H,19,20)/b14-11-. The van der Waals surface area contributed by atoms with Gasteiger partial charge in [0.15, 0.2) is 0 Å². The predicted molar refractivity (Wildman–Crippen MR) is 84.7 cm³/mol. The molecule has 0 radical (unpaired) electrons. The molecule has 122 valence electrons. The summed E-state index contributed by atoms with van der Waals surface area (Å²) >= 11 is 0. The maximum absolute atomic E-state index is 13.0. The third-order valence-electron chi connectivity index (χ3n) is 2.68. The van der Waals surface area contributed by atoms with Gasteiger partial charge in [-0.05, 0) is 57.4 Å². The van der Waals surface area contributed by atoms with E-state index >= 15 is 0 Å². The maximum Gasteiger partial charge on any atom is 0.407 e. The summed E-state index contributed by atoms with van der Waals surface area (Å²) in [5, 5.41) is 2.55. The van der Waals surface area contributed by atoms with E-state index in [1.54, 1.807) is 20.8 Å². The summed E-state index contributed by atoms with van der Waals surface area (Å²) in [6, 6.07) is 7.44. The van der Waals surface area contributed by atoms with Gasteiger partial charge in [0.25, 0.3) is 0 Å². The Labute approximate surface area is 131 Å². The molecule has 0 fully saturated rings. The second-order valence-corrected chi connectivity index (χ2v) is 5.88. The van der Waals surface area contributed by atoms with Crippen molar-refractivity contribution in [1.82, 2.24) is 5.32 Å². The molecular weight excluding hydrogens is 285 g/mol. The molecule has 0 saturated heterocycles. The number of hydrogen-bond donors (Lipinski definition) is 1. The lowest BCUT2D eigenvalue weighted by molar-refractivity contribution is 0.0532. The summed E-state index contributed by atoms with van der Waals surface area (Å²) in [5.41, 5.74) is 0.840. The van der Waals surface area contributed by atoms with Gasteiger partial charge in [-0.3, -0.25) is 0 Å². The second kappa shape index (κ2) is 8.41. The molecule has 0 saturated carbocycles. The Morgan fingerprint density at radius 2 is 1.91 bits per heavy atom. The number of carbonyl (C=O) groups excluding carboxylic acids is 1. The molecule has 22 heavy (non-hydrogen) atoms. The number of amides is 1. The van der Waals surface area contributed by atoms with E-state index in [1.807, 2.05) is 31.2 Å². The first kappa shape index (κ1) is 18.0. The van der Waals surface area contributed by atoms with E-state index < -0.39 is 11.7 Å². The summed E-state index contributed by atoms with van der Waals surface area (Å²) in [7, 11) is 0. The minimum atomic E-state index is -0.571. The second-order valence-electron chi connectivity index (χ2n) is 5.88. The van der Waals surface area contributed by atoms with E-state index in [0.29, 0.717) is 24.9 Å². The summed E-state index contributed by atoms with van der Waals surface area (Å²) in [6.07, 6.45) is 0.380. The maximum atomic E-state index is 13.0. The number of rotatable bonds is 6. The molecule has 1 rings (SSSR count). The Morgan fingerprint density at radius 1 is 1.27 bits per heavy atom. The van der Waals surface area contributed by atoms with Crippen LogP contribution in [0.1, 0.15) is 33.3 Å². The monoisotopic (exact) mass is 309 g/mol. The van der Waals surface area contributed by atoms with Crippen molar-refractivity contribution in [2.45, 2.75) is 39.7 Å². The minimum Gasteiger partial charge on any atom is -0.494 e. The van der Waals surface area contributed by atoms with Gasteiger partial charge in [-0.1, -0.05) is 12.1 Å². The molecular formula is C17H24FNO3. The molecule has 0 aromatic heterocycles. The van der Waals surface area contributed by atoms with Gasteiger partial charge in [-0.15, -0.1) is 0 Å². The molecule has 1 amide bonds. The van der Waals surface area contributed by atoms with Crippen LogP contribution in [0.15, 0.2) is 36.2 Å². The third kappa shape index (κ3) is 7.11. The van der Waals surface area contributed by atoms with Crippen molar-refractivity contribution in [3.05, 3.63) is 41.7 Å². The highest BCUT2D eigenvalue weighted by atomic mass is 19.1. The van der Waals surface area contributed by atoms with E-state index in [2.05, 4.69) is 5.32 Å². The summed E-state index contributed by atoms with van der Waals surface area (Å²) in [5.74, 6) is 0.781. The van der Waals surface area contributed by atoms with Crippen LogP contribution in [0, 0.1) is 0 Å². The fourth-order valence-electron chi connectivity index (χ4n) is 1.77. The van der Waals surface area contributed by atoms with Crippen LogP contribution in [0.5, 0.6) is 5.75 Å². The topological polar surface area (TPSA) is 47.6 Å². The van der Waals surface area contributed by atoms with Gasteiger partial charge in [-0.2, -0.15) is 0 Å². The molecule has 0 spiro atoms. The lowest BCUT2D eigenvalue weighted by Gasteiger charge is -2.20. The highest BCUT2D eigenvalue weighted by molar-refractivity contribution is 5.68. The van der Waals surface area contributed by atoms with Crippen molar-refractivity contribution in [3.63, 3.8) is 0 Å². The van der Waals surface area contributed by atoms with Crippen molar-refractivity contribution in [2.75, 3.05) is 13.2 Å². The van der Waals surface area contributed by atoms with E-state index in [0.717, 1.165) is 11.3 Å². The molecule has 5 heteroatoms. The zero-order valence-corrected chi connectivity index (χ0v) is 13.6. The summed E-state index contributed by atoms with van der Waals surface area (Å²) < 4.78 is 23.4. The highest BCUT2D eigenvalue weighted by Crippen LogP contribution is 2.15. The third-order valence-corrected chi connectivity index (χ3v) is 2.68. The Morgan fingerprint density at radius 3 is 2.41 bits per heavy atom. The van der Waals surface area contributed by atoms with Crippen molar-refractivity contribution in [3.8, 4) is 5.75 Å². The van der Waals surface area contributed by atoms with Crippen LogP contribution in [0.2, 0.25) is 0 Å². The molecule has 1 N–H and O–H groups in total. The fourth-order valence-corrected chi connectivity index (χ4v) is 1.77. The first-order valence-electron chi connectivity index (χ1n) is 7.30. The first-order valence-corrected chi connectivity index (χ1v) is 7.30. The number of benzene rings is 1. The van der Waals surface area contributed by atoms with Crippen molar-refractivity contribution >= 4 is 6.09 Å². The number of halogens is 1. The Hall–Kier alpha value is -2.04.